The number of fused-ring (bicyclic) bond motifs is 1. The largest absolute Gasteiger partial charge is 0.424 e. The maximum absolute atomic E-state index is 10.7. The highest BCUT2D eigenvalue weighted by molar-refractivity contribution is 5.77. The molecular weight excluding hydrogens is 260 g/mol. The molecule has 1 unspecified atom stereocenters. The predicted octanol–water partition coefficient (Wildman–Crippen LogP) is 2.29. The summed E-state index contributed by atoms with van der Waals surface area (Å²) in [7, 11) is 0. The Morgan fingerprint density at radius 3 is 3.20 bits per heavy atom. The summed E-state index contributed by atoms with van der Waals surface area (Å²) in [4.78, 5) is 14.6. The van der Waals surface area contributed by atoms with E-state index in [0.717, 1.165) is 25.9 Å². The van der Waals surface area contributed by atoms with Gasteiger partial charge in [0.25, 0.3) is 11.7 Å². The van der Waals surface area contributed by atoms with Crippen molar-refractivity contribution in [3.8, 4) is 0 Å². The van der Waals surface area contributed by atoms with Gasteiger partial charge in [-0.3, -0.25) is 10.1 Å². The lowest BCUT2D eigenvalue weighted by atomic mass is 10.1. The van der Waals surface area contributed by atoms with Gasteiger partial charge in [0.05, 0.1) is 4.92 Å². The summed E-state index contributed by atoms with van der Waals surface area (Å²) in [6, 6.07) is 5.13. The van der Waals surface area contributed by atoms with Crippen LogP contribution >= 0.6 is 0 Å². The number of hydrogen-bond donors (Lipinski definition) is 2. The molecule has 0 aliphatic carbocycles. The van der Waals surface area contributed by atoms with E-state index in [1.807, 2.05) is 0 Å². The number of nitrogens with zero attached hydrogens (tertiary/aromatic N) is 2. The van der Waals surface area contributed by atoms with Crippen LogP contribution in [0.15, 0.2) is 22.6 Å². The van der Waals surface area contributed by atoms with Gasteiger partial charge in [0.15, 0.2) is 5.58 Å². The number of nitrogens with one attached hydrogen (secondary N) is 2. The summed E-state index contributed by atoms with van der Waals surface area (Å²) >= 11 is 0. The first-order chi connectivity index (χ1) is 9.72. The van der Waals surface area contributed by atoms with Crippen molar-refractivity contribution in [2.24, 2.45) is 0 Å². The Bertz CT molecular complexity index is 617. The monoisotopic (exact) mass is 276 g/mol. The smallest absolute Gasteiger partial charge is 0.295 e. The number of rotatable bonds is 3. The third-order valence-electron chi connectivity index (χ3n) is 3.46. The van der Waals surface area contributed by atoms with Crippen LogP contribution in [-0.4, -0.2) is 29.0 Å². The van der Waals surface area contributed by atoms with Crippen molar-refractivity contribution in [1.29, 1.82) is 0 Å². The highest BCUT2D eigenvalue weighted by Crippen LogP contribution is 2.24. The summed E-state index contributed by atoms with van der Waals surface area (Å²) in [6.07, 6.45) is 3.40. The van der Waals surface area contributed by atoms with E-state index < -0.39 is 4.92 Å². The van der Waals surface area contributed by atoms with Crippen LogP contribution in [0.2, 0.25) is 0 Å². The molecule has 1 fully saturated rings. The van der Waals surface area contributed by atoms with Gasteiger partial charge in [0, 0.05) is 24.7 Å². The molecule has 1 aliphatic heterocycles. The average Bonchev–Trinajstić information content (AvgIpc) is 2.64. The van der Waals surface area contributed by atoms with Gasteiger partial charge in [-0.1, -0.05) is 6.42 Å². The van der Waals surface area contributed by atoms with Crippen LogP contribution in [0.25, 0.3) is 11.1 Å². The Labute approximate surface area is 115 Å². The van der Waals surface area contributed by atoms with E-state index in [-0.39, 0.29) is 11.7 Å². The Kier molecular flexibility index (Phi) is 3.51. The Balaban J connectivity index is 1.79. The normalized spacial score (nSPS) is 19.7. The number of nitro groups is 1. The van der Waals surface area contributed by atoms with Gasteiger partial charge in [0.2, 0.25) is 0 Å². The molecule has 0 amide bonds. The lowest BCUT2D eigenvalue weighted by Crippen LogP contribution is -2.30. The van der Waals surface area contributed by atoms with E-state index in [0.29, 0.717) is 17.1 Å². The number of aromatic nitrogens is 1. The second-order valence-electron chi connectivity index (χ2n) is 4.97. The molecule has 0 spiro atoms. The van der Waals surface area contributed by atoms with Crippen molar-refractivity contribution in [1.82, 2.24) is 10.3 Å². The molecule has 106 valence electrons. The van der Waals surface area contributed by atoms with Crippen molar-refractivity contribution >= 4 is 22.8 Å². The number of anilines is 1. The van der Waals surface area contributed by atoms with Gasteiger partial charge >= 0.3 is 0 Å². The van der Waals surface area contributed by atoms with Crippen LogP contribution in [0.4, 0.5) is 11.7 Å². The van der Waals surface area contributed by atoms with Gasteiger partial charge in [-0.25, -0.2) is 0 Å². The SMILES string of the molecule is O=[N+]([O-])c1ccc2oc(NC3CCCCNC3)nc2c1. The Morgan fingerprint density at radius 1 is 1.45 bits per heavy atom. The first-order valence-electron chi connectivity index (χ1n) is 6.74. The van der Waals surface area contributed by atoms with Crippen molar-refractivity contribution in [2.75, 3.05) is 18.4 Å². The van der Waals surface area contributed by atoms with Gasteiger partial charge in [-0.05, 0) is 25.5 Å². The van der Waals surface area contributed by atoms with Gasteiger partial charge in [0.1, 0.15) is 5.52 Å². The predicted molar refractivity (Wildman–Crippen MR) is 74.8 cm³/mol. The van der Waals surface area contributed by atoms with E-state index in [9.17, 15) is 10.1 Å². The van der Waals surface area contributed by atoms with E-state index >= 15 is 0 Å². The van der Waals surface area contributed by atoms with Crippen molar-refractivity contribution < 1.29 is 9.34 Å². The summed E-state index contributed by atoms with van der Waals surface area (Å²) < 4.78 is 5.57. The van der Waals surface area contributed by atoms with Crippen LogP contribution in [-0.2, 0) is 0 Å². The zero-order valence-electron chi connectivity index (χ0n) is 11.0. The molecule has 1 atom stereocenters. The molecule has 1 saturated heterocycles. The highest BCUT2D eigenvalue weighted by Gasteiger charge is 2.16. The van der Waals surface area contributed by atoms with Gasteiger partial charge in [-0.2, -0.15) is 4.98 Å². The topological polar surface area (TPSA) is 93.2 Å². The molecule has 20 heavy (non-hydrogen) atoms. The molecule has 2 aromatic rings. The molecule has 0 saturated carbocycles. The molecule has 2 N–H and O–H groups in total. The molecule has 0 radical (unpaired) electrons. The summed E-state index contributed by atoms with van der Waals surface area (Å²) in [5.41, 5.74) is 1.08. The Morgan fingerprint density at radius 2 is 2.35 bits per heavy atom. The number of benzene rings is 1. The number of hydrogen-bond acceptors (Lipinski definition) is 6. The fourth-order valence-electron chi connectivity index (χ4n) is 2.41. The minimum absolute atomic E-state index is 0.0217. The molecule has 7 heteroatoms. The molecular formula is C13H16N4O3. The summed E-state index contributed by atoms with van der Waals surface area (Å²) in [5.74, 6) is 0. The lowest BCUT2D eigenvalue weighted by molar-refractivity contribution is -0.384. The zero-order valence-corrected chi connectivity index (χ0v) is 11.0. The molecule has 1 aliphatic rings. The maximum atomic E-state index is 10.7. The van der Waals surface area contributed by atoms with Crippen molar-refractivity contribution in [3.63, 3.8) is 0 Å². The number of oxazole rings is 1. The minimum Gasteiger partial charge on any atom is -0.424 e. The van der Waals surface area contributed by atoms with Crippen LogP contribution in [0.5, 0.6) is 0 Å². The third kappa shape index (κ3) is 2.72. The first-order valence-corrected chi connectivity index (χ1v) is 6.74. The molecule has 3 rings (SSSR count). The molecule has 1 aromatic heterocycles. The third-order valence-corrected chi connectivity index (χ3v) is 3.46. The molecule has 0 bridgehead atoms. The fraction of sp³-hybridized carbons (Fsp3) is 0.462. The summed E-state index contributed by atoms with van der Waals surface area (Å²) in [5, 5.41) is 17.3. The molecule has 1 aromatic carbocycles. The lowest BCUT2D eigenvalue weighted by Gasteiger charge is -2.14. The Hall–Kier alpha value is -2.15. The zero-order chi connectivity index (χ0) is 13.9. The second kappa shape index (κ2) is 5.46. The van der Waals surface area contributed by atoms with Crippen LogP contribution in [0.1, 0.15) is 19.3 Å². The maximum Gasteiger partial charge on any atom is 0.295 e. The van der Waals surface area contributed by atoms with Crippen LogP contribution in [0.3, 0.4) is 0 Å². The van der Waals surface area contributed by atoms with E-state index in [2.05, 4.69) is 15.6 Å². The average molecular weight is 276 g/mol. The van der Waals surface area contributed by atoms with E-state index in [1.165, 1.54) is 18.6 Å². The second-order valence-corrected chi connectivity index (χ2v) is 4.97. The van der Waals surface area contributed by atoms with Crippen molar-refractivity contribution in [3.05, 3.63) is 28.3 Å². The summed E-state index contributed by atoms with van der Waals surface area (Å²) in [6.45, 7) is 1.91. The van der Waals surface area contributed by atoms with Gasteiger partial charge < -0.3 is 15.1 Å². The number of non-ortho nitro benzene ring substituents is 1. The highest BCUT2D eigenvalue weighted by atomic mass is 16.6. The fourth-order valence-corrected chi connectivity index (χ4v) is 2.41. The van der Waals surface area contributed by atoms with E-state index in [4.69, 9.17) is 4.42 Å². The number of nitro benzene ring substituents is 1. The standard InChI is InChI=1S/C13H16N4O3/c18-17(19)10-4-5-12-11(7-10)16-13(20-12)15-9-3-1-2-6-14-8-9/h4-5,7,9,14H,1-3,6,8H2,(H,15,16). The van der Waals surface area contributed by atoms with Crippen LogP contribution in [0, 0.1) is 10.1 Å². The quantitative estimate of drug-likeness (QED) is 0.660. The van der Waals surface area contributed by atoms with Crippen LogP contribution < -0.4 is 10.6 Å². The van der Waals surface area contributed by atoms with Crippen molar-refractivity contribution in [2.45, 2.75) is 25.3 Å². The molecule has 7 nitrogen and oxygen atoms in total. The minimum atomic E-state index is -0.434. The van der Waals surface area contributed by atoms with Gasteiger partial charge in [-0.15, -0.1) is 0 Å². The van der Waals surface area contributed by atoms with E-state index in [1.54, 1.807) is 6.07 Å². The molecule has 2 heterocycles. The first kappa shape index (κ1) is 12.9.